The number of rotatable bonds is 8. The summed E-state index contributed by atoms with van der Waals surface area (Å²) in [5.74, 6) is 0. The molecule has 75 heavy (non-hydrogen) atoms. The predicted molar refractivity (Wildman–Crippen MR) is 311 cm³/mol. The van der Waals surface area contributed by atoms with Crippen LogP contribution in [0.1, 0.15) is 44.5 Å². The van der Waals surface area contributed by atoms with Gasteiger partial charge in [0.15, 0.2) is 0 Å². The van der Waals surface area contributed by atoms with Crippen molar-refractivity contribution in [2.75, 3.05) is 4.90 Å². The van der Waals surface area contributed by atoms with Crippen LogP contribution in [0.3, 0.4) is 0 Å². The fourth-order valence-corrected chi connectivity index (χ4v) is 13.5. The van der Waals surface area contributed by atoms with E-state index in [9.17, 15) is 0 Å². The van der Waals surface area contributed by atoms with Gasteiger partial charge in [-0.2, -0.15) is 0 Å². The first-order valence-corrected chi connectivity index (χ1v) is 26.2. The molecule has 0 radical (unpaired) electrons. The van der Waals surface area contributed by atoms with Gasteiger partial charge >= 0.3 is 0 Å². The second-order valence-corrected chi connectivity index (χ2v) is 20.2. The van der Waals surface area contributed by atoms with Gasteiger partial charge in [0.05, 0.1) is 16.5 Å². The number of hydrogen-bond donors (Lipinski definition) is 0. The first kappa shape index (κ1) is 43.1. The van der Waals surface area contributed by atoms with Crippen LogP contribution in [0.2, 0.25) is 0 Å². The van der Waals surface area contributed by atoms with Gasteiger partial charge in [-0.05, 0) is 142 Å². The smallest absolute Gasteiger partial charge is 0.0726 e. The van der Waals surface area contributed by atoms with E-state index in [2.05, 4.69) is 302 Å². The molecule has 1 spiro atoms. The second kappa shape index (κ2) is 17.0. The first-order chi connectivity index (χ1) is 37.2. The van der Waals surface area contributed by atoms with E-state index in [0.717, 1.165) is 17.1 Å². The molecule has 0 fully saturated rings. The molecule has 350 valence electrons. The third kappa shape index (κ3) is 6.32. The zero-order valence-electron chi connectivity index (χ0n) is 41.2. The topological polar surface area (TPSA) is 3.24 Å². The van der Waals surface area contributed by atoms with Gasteiger partial charge in [0, 0.05) is 16.9 Å². The molecule has 12 aromatic rings. The van der Waals surface area contributed by atoms with Crippen molar-refractivity contribution in [3.63, 3.8) is 0 Å². The van der Waals surface area contributed by atoms with Crippen molar-refractivity contribution in [3.05, 3.63) is 342 Å². The Bertz CT molecular complexity index is 4050. The maximum absolute atomic E-state index is 2.49. The van der Waals surface area contributed by atoms with Gasteiger partial charge in [-0.3, -0.25) is 0 Å². The molecular formula is C74H49N. The van der Waals surface area contributed by atoms with Gasteiger partial charge in [0.1, 0.15) is 0 Å². The zero-order chi connectivity index (χ0) is 49.5. The van der Waals surface area contributed by atoms with Crippen molar-refractivity contribution >= 4 is 17.1 Å². The highest BCUT2D eigenvalue weighted by Gasteiger charge is 2.52. The van der Waals surface area contributed by atoms with Crippen molar-refractivity contribution in [1.29, 1.82) is 0 Å². The number of nitrogens with zero attached hydrogens (tertiary/aromatic N) is 1. The molecule has 3 aliphatic carbocycles. The number of anilines is 3. The lowest BCUT2D eigenvalue weighted by Gasteiger charge is -2.34. The van der Waals surface area contributed by atoms with Gasteiger partial charge in [0.25, 0.3) is 0 Å². The summed E-state index contributed by atoms with van der Waals surface area (Å²) in [6.45, 7) is 0. The van der Waals surface area contributed by atoms with Crippen molar-refractivity contribution < 1.29 is 0 Å². The van der Waals surface area contributed by atoms with E-state index in [1.54, 1.807) is 0 Å². The Morgan fingerprint density at radius 1 is 0.213 bits per heavy atom. The van der Waals surface area contributed by atoms with Crippen molar-refractivity contribution in [1.82, 2.24) is 0 Å². The van der Waals surface area contributed by atoms with Crippen LogP contribution in [-0.2, 0) is 10.8 Å². The summed E-state index contributed by atoms with van der Waals surface area (Å²) in [6, 6.07) is 111. The molecule has 0 N–H and O–H groups in total. The van der Waals surface area contributed by atoms with Crippen LogP contribution in [0.4, 0.5) is 17.1 Å². The highest BCUT2D eigenvalue weighted by molar-refractivity contribution is 6.01. The van der Waals surface area contributed by atoms with Gasteiger partial charge in [-0.1, -0.05) is 261 Å². The van der Waals surface area contributed by atoms with Gasteiger partial charge in [0.2, 0.25) is 0 Å². The minimum Gasteiger partial charge on any atom is -0.310 e. The maximum atomic E-state index is 2.49. The zero-order valence-corrected chi connectivity index (χ0v) is 41.2. The number of fused-ring (bicyclic) bond motifs is 13. The van der Waals surface area contributed by atoms with E-state index >= 15 is 0 Å². The quantitative estimate of drug-likeness (QED) is 0.147. The molecule has 15 rings (SSSR count). The van der Waals surface area contributed by atoms with Gasteiger partial charge < -0.3 is 4.90 Å². The molecule has 0 amide bonds. The molecule has 1 heteroatoms. The Kier molecular flexibility index (Phi) is 9.77. The van der Waals surface area contributed by atoms with Crippen LogP contribution < -0.4 is 4.90 Å². The Morgan fingerprint density at radius 3 is 1.07 bits per heavy atom. The van der Waals surface area contributed by atoms with E-state index in [4.69, 9.17) is 0 Å². The van der Waals surface area contributed by atoms with Crippen LogP contribution in [0.25, 0.3) is 66.8 Å². The van der Waals surface area contributed by atoms with Crippen LogP contribution >= 0.6 is 0 Å². The molecule has 0 bridgehead atoms. The largest absolute Gasteiger partial charge is 0.310 e. The average Bonchev–Trinajstić information content (AvgIpc) is 4.30. The number of benzene rings is 12. The van der Waals surface area contributed by atoms with Crippen LogP contribution in [0.15, 0.2) is 297 Å². The lowest BCUT2D eigenvalue weighted by atomic mass is 9.67. The molecule has 12 aromatic carbocycles. The fraction of sp³-hybridized carbons (Fsp3) is 0.0270. The SMILES string of the molecule is c1ccc(-c2ccc(-c3ccc(N(c4ccc(-c5ccc6c(c5)C(c5ccccc5)(c5ccccc5)c5ccccc5-6)cc4)c4cccc5c4-c4ccccc4C54c5ccccc5-c5ccccc54)cc3)cc2)cc1. The summed E-state index contributed by atoms with van der Waals surface area (Å²) < 4.78 is 0. The minimum absolute atomic E-state index is 0.456. The molecule has 0 unspecified atom stereocenters. The summed E-state index contributed by atoms with van der Waals surface area (Å²) in [5.41, 5.74) is 27.8. The summed E-state index contributed by atoms with van der Waals surface area (Å²) >= 11 is 0. The standard InChI is InChI=1S/C74H49N/c1-4-19-50(20-5-1)51-35-37-52(38-36-51)53-39-44-58(45-40-53)75(71-34-18-33-69-72(71)64-28-13-17-32-68(64)74(69)66-30-15-11-25-60(66)61-26-12-16-31-67(61)74)59-46-41-54(42-47-59)55-43-48-63-62-27-10-14-29-65(62)73(70(63)49-55,56-21-6-2-7-22-56)57-23-8-3-9-24-57/h1-49H. The highest BCUT2D eigenvalue weighted by Crippen LogP contribution is 2.65. The normalized spacial score (nSPS) is 13.5. The molecule has 1 nitrogen and oxygen atoms in total. The third-order valence-electron chi connectivity index (χ3n) is 16.6. The molecule has 0 atom stereocenters. The van der Waals surface area contributed by atoms with Crippen LogP contribution in [0.5, 0.6) is 0 Å². The van der Waals surface area contributed by atoms with Gasteiger partial charge in [-0.15, -0.1) is 0 Å². The molecule has 0 aromatic heterocycles. The molecule has 0 heterocycles. The Labute approximate surface area is 439 Å². The maximum Gasteiger partial charge on any atom is 0.0726 e. The van der Waals surface area contributed by atoms with E-state index < -0.39 is 10.8 Å². The van der Waals surface area contributed by atoms with Crippen molar-refractivity contribution in [3.8, 4) is 66.8 Å². The highest BCUT2D eigenvalue weighted by atomic mass is 15.1. The average molecular weight is 952 g/mol. The van der Waals surface area contributed by atoms with Crippen molar-refractivity contribution in [2.24, 2.45) is 0 Å². The molecule has 0 aliphatic heterocycles. The summed E-state index contributed by atoms with van der Waals surface area (Å²) in [6.07, 6.45) is 0. The van der Waals surface area contributed by atoms with Crippen molar-refractivity contribution in [2.45, 2.75) is 10.8 Å². The van der Waals surface area contributed by atoms with E-state index in [1.165, 1.54) is 111 Å². The van der Waals surface area contributed by atoms with E-state index in [0.29, 0.717) is 0 Å². The molecule has 0 saturated heterocycles. The summed E-state index contributed by atoms with van der Waals surface area (Å²) in [7, 11) is 0. The summed E-state index contributed by atoms with van der Waals surface area (Å²) in [5, 5.41) is 0. The lowest BCUT2D eigenvalue weighted by molar-refractivity contribution is 0.769. The number of hydrogen-bond acceptors (Lipinski definition) is 1. The molecule has 3 aliphatic rings. The Hall–Kier alpha value is -9.56. The monoisotopic (exact) mass is 951 g/mol. The molecule has 0 saturated carbocycles. The molecular weight excluding hydrogens is 903 g/mol. The first-order valence-electron chi connectivity index (χ1n) is 26.2. The fourth-order valence-electron chi connectivity index (χ4n) is 13.5. The minimum atomic E-state index is -0.473. The Balaban J connectivity index is 0.892. The van der Waals surface area contributed by atoms with Crippen LogP contribution in [0, 0.1) is 0 Å². The predicted octanol–water partition coefficient (Wildman–Crippen LogP) is 18.9. The summed E-state index contributed by atoms with van der Waals surface area (Å²) in [4.78, 5) is 2.49. The third-order valence-corrected chi connectivity index (χ3v) is 16.6. The second-order valence-electron chi connectivity index (χ2n) is 20.2. The van der Waals surface area contributed by atoms with Crippen LogP contribution in [-0.4, -0.2) is 0 Å². The van der Waals surface area contributed by atoms with E-state index in [1.807, 2.05) is 0 Å². The van der Waals surface area contributed by atoms with Gasteiger partial charge in [-0.25, -0.2) is 0 Å². The lowest BCUT2D eigenvalue weighted by Crippen LogP contribution is -2.28. The Morgan fingerprint density at radius 2 is 0.560 bits per heavy atom. The van der Waals surface area contributed by atoms with E-state index in [-0.39, 0.29) is 0 Å².